The van der Waals surface area contributed by atoms with Gasteiger partial charge in [0.25, 0.3) is 5.69 Å². The molecule has 0 aliphatic heterocycles. The van der Waals surface area contributed by atoms with Gasteiger partial charge in [0.1, 0.15) is 5.69 Å². The molecule has 0 spiro atoms. The van der Waals surface area contributed by atoms with Crippen molar-refractivity contribution in [2.24, 2.45) is 5.73 Å². The molecule has 0 aliphatic rings. The van der Waals surface area contributed by atoms with Gasteiger partial charge in [-0.2, -0.15) is 5.10 Å². The third-order valence-electron chi connectivity index (χ3n) is 2.43. The summed E-state index contributed by atoms with van der Waals surface area (Å²) in [5, 5.41) is 15.1. The maximum absolute atomic E-state index is 11.0. The molecule has 0 atom stereocenters. The van der Waals surface area contributed by atoms with E-state index in [1.807, 2.05) is 0 Å². The topological polar surface area (TPSA) is 104 Å². The second-order valence-corrected chi connectivity index (χ2v) is 3.73. The summed E-state index contributed by atoms with van der Waals surface area (Å²) in [5.74, 6) is -0.707. The molecule has 1 heterocycles. The molecule has 0 saturated carbocycles. The molecular formula is C11H10N4O3. The maximum Gasteiger partial charge on any atom is 0.295 e. The fourth-order valence-corrected chi connectivity index (χ4v) is 1.57. The summed E-state index contributed by atoms with van der Waals surface area (Å²) in [5.41, 5.74) is 6.00. The van der Waals surface area contributed by atoms with Crippen LogP contribution in [0, 0.1) is 17.0 Å². The summed E-state index contributed by atoms with van der Waals surface area (Å²) in [7, 11) is 0. The van der Waals surface area contributed by atoms with Crippen molar-refractivity contribution in [2.45, 2.75) is 6.92 Å². The molecule has 2 N–H and O–H groups in total. The molecule has 0 radical (unpaired) electrons. The number of hydrogen-bond acceptors (Lipinski definition) is 4. The third kappa shape index (κ3) is 2.05. The largest absolute Gasteiger partial charge is 0.366 e. The van der Waals surface area contributed by atoms with E-state index in [0.29, 0.717) is 0 Å². The molecule has 0 bridgehead atoms. The summed E-state index contributed by atoms with van der Waals surface area (Å²) in [6.07, 6.45) is 1.61. The van der Waals surface area contributed by atoms with E-state index in [0.717, 1.165) is 11.8 Å². The van der Waals surface area contributed by atoms with Crippen LogP contribution in [0.15, 0.2) is 30.5 Å². The predicted molar refractivity (Wildman–Crippen MR) is 63.5 cm³/mol. The number of aryl methyl sites for hydroxylation is 1. The maximum atomic E-state index is 11.0. The van der Waals surface area contributed by atoms with Crippen LogP contribution in [-0.4, -0.2) is 20.6 Å². The standard InChI is InChI=1S/C11H10N4O3/c1-7-4-5-14(13-7)9-3-2-8(11(12)16)6-10(9)15(17)18/h2-6H,1H3,(H2,12,16). The first-order valence-electron chi connectivity index (χ1n) is 5.10. The molecule has 0 unspecified atom stereocenters. The summed E-state index contributed by atoms with van der Waals surface area (Å²) in [6.45, 7) is 1.78. The van der Waals surface area contributed by atoms with E-state index in [1.54, 1.807) is 19.2 Å². The lowest BCUT2D eigenvalue weighted by Gasteiger charge is -2.04. The van der Waals surface area contributed by atoms with Crippen LogP contribution in [0.5, 0.6) is 0 Å². The molecule has 1 amide bonds. The lowest BCUT2D eigenvalue weighted by Crippen LogP contribution is -2.12. The number of nitro benzene ring substituents is 1. The molecule has 92 valence electrons. The Hall–Kier alpha value is -2.70. The van der Waals surface area contributed by atoms with E-state index in [1.165, 1.54) is 16.8 Å². The number of aromatic nitrogens is 2. The minimum atomic E-state index is -0.707. The fourth-order valence-electron chi connectivity index (χ4n) is 1.57. The van der Waals surface area contributed by atoms with Crippen molar-refractivity contribution in [3.8, 4) is 5.69 Å². The summed E-state index contributed by atoms with van der Waals surface area (Å²) >= 11 is 0. The minimum Gasteiger partial charge on any atom is -0.366 e. The van der Waals surface area contributed by atoms with Crippen LogP contribution in [-0.2, 0) is 0 Å². The lowest BCUT2D eigenvalue weighted by molar-refractivity contribution is -0.384. The van der Waals surface area contributed by atoms with Crippen LogP contribution in [0.2, 0.25) is 0 Å². The van der Waals surface area contributed by atoms with Crippen molar-refractivity contribution >= 4 is 11.6 Å². The fraction of sp³-hybridized carbons (Fsp3) is 0.0909. The van der Waals surface area contributed by atoms with Crippen molar-refractivity contribution < 1.29 is 9.72 Å². The first-order chi connectivity index (χ1) is 8.49. The molecule has 18 heavy (non-hydrogen) atoms. The van der Waals surface area contributed by atoms with Gasteiger partial charge in [-0.15, -0.1) is 0 Å². The van der Waals surface area contributed by atoms with Gasteiger partial charge in [0.05, 0.1) is 10.6 Å². The molecule has 7 nitrogen and oxygen atoms in total. The average Bonchev–Trinajstić information content (AvgIpc) is 2.74. The quantitative estimate of drug-likeness (QED) is 0.648. The van der Waals surface area contributed by atoms with Gasteiger partial charge in [-0.3, -0.25) is 14.9 Å². The van der Waals surface area contributed by atoms with Gasteiger partial charge in [-0.05, 0) is 25.1 Å². The van der Waals surface area contributed by atoms with E-state index >= 15 is 0 Å². The van der Waals surface area contributed by atoms with E-state index < -0.39 is 10.8 Å². The van der Waals surface area contributed by atoms with Crippen molar-refractivity contribution in [3.63, 3.8) is 0 Å². The highest BCUT2D eigenvalue weighted by Crippen LogP contribution is 2.23. The second-order valence-electron chi connectivity index (χ2n) is 3.73. The molecule has 0 saturated heterocycles. The van der Waals surface area contributed by atoms with E-state index in [4.69, 9.17) is 5.73 Å². The average molecular weight is 246 g/mol. The highest BCUT2D eigenvalue weighted by molar-refractivity contribution is 5.93. The SMILES string of the molecule is Cc1ccn(-c2ccc(C(N)=O)cc2[N+](=O)[O-])n1. The highest BCUT2D eigenvalue weighted by atomic mass is 16.6. The smallest absolute Gasteiger partial charge is 0.295 e. The highest BCUT2D eigenvalue weighted by Gasteiger charge is 2.18. The van der Waals surface area contributed by atoms with Gasteiger partial charge in [0.15, 0.2) is 0 Å². The minimum absolute atomic E-state index is 0.0920. The number of hydrogen-bond donors (Lipinski definition) is 1. The van der Waals surface area contributed by atoms with Gasteiger partial charge in [0.2, 0.25) is 5.91 Å². The van der Waals surface area contributed by atoms with Crippen LogP contribution in [0.1, 0.15) is 16.1 Å². The van der Waals surface area contributed by atoms with Crippen LogP contribution in [0.3, 0.4) is 0 Å². The van der Waals surface area contributed by atoms with Crippen LogP contribution in [0.25, 0.3) is 5.69 Å². The Bertz CT molecular complexity index is 633. The van der Waals surface area contributed by atoms with Crippen molar-refractivity contribution in [2.75, 3.05) is 0 Å². The Morgan fingerprint density at radius 3 is 2.67 bits per heavy atom. The van der Waals surface area contributed by atoms with Crippen molar-refractivity contribution in [1.82, 2.24) is 9.78 Å². The summed E-state index contributed by atoms with van der Waals surface area (Å²) < 4.78 is 1.39. The monoisotopic (exact) mass is 246 g/mol. The number of nitrogens with zero attached hydrogens (tertiary/aromatic N) is 3. The molecule has 1 aromatic heterocycles. The number of rotatable bonds is 3. The van der Waals surface area contributed by atoms with Crippen LogP contribution >= 0.6 is 0 Å². The third-order valence-corrected chi connectivity index (χ3v) is 2.43. The van der Waals surface area contributed by atoms with E-state index in [9.17, 15) is 14.9 Å². The van der Waals surface area contributed by atoms with E-state index in [2.05, 4.69) is 5.10 Å². The number of nitro groups is 1. The first-order valence-corrected chi connectivity index (χ1v) is 5.10. The molecule has 2 aromatic rings. The van der Waals surface area contributed by atoms with Gasteiger partial charge in [-0.25, -0.2) is 4.68 Å². The first kappa shape index (κ1) is 11.8. The van der Waals surface area contributed by atoms with Crippen LogP contribution in [0.4, 0.5) is 5.69 Å². The van der Waals surface area contributed by atoms with Crippen molar-refractivity contribution in [1.29, 1.82) is 0 Å². The Kier molecular flexibility index (Phi) is 2.80. The van der Waals surface area contributed by atoms with Crippen LogP contribution < -0.4 is 5.73 Å². The number of amides is 1. The van der Waals surface area contributed by atoms with Crippen molar-refractivity contribution in [3.05, 3.63) is 51.8 Å². The number of carbonyl (C=O) groups excluding carboxylic acids is 1. The zero-order valence-corrected chi connectivity index (χ0v) is 9.53. The summed E-state index contributed by atoms with van der Waals surface area (Å²) in [6, 6.07) is 5.76. The summed E-state index contributed by atoms with van der Waals surface area (Å²) in [4.78, 5) is 21.4. The zero-order chi connectivity index (χ0) is 13.3. The van der Waals surface area contributed by atoms with E-state index in [-0.39, 0.29) is 16.9 Å². The predicted octanol–water partition coefficient (Wildman–Crippen LogP) is 1.19. The molecule has 7 heteroatoms. The number of carbonyl (C=O) groups is 1. The molecule has 0 fully saturated rings. The lowest BCUT2D eigenvalue weighted by atomic mass is 10.1. The van der Waals surface area contributed by atoms with Gasteiger partial charge in [0, 0.05) is 17.8 Å². The van der Waals surface area contributed by atoms with Gasteiger partial charge >= 0.3 is 0 Å². The Balaban J connectivity index is 2.60. The second kappa shape index (κ2) is 4.28. The molecule has 2 rings (SSSR count). The molecular weight excluding hydrogens is 236 g/mol. The Morgan fingerprint density at radius 1 is 1.44 bits per heavy atom. The number of benzene rings is 1. The number of nitrogens with two attached hydrogens (primary N) is 1. The zero-order valence-electron chi connectivity index (χ0n) is 9.53. The van der Waals surface area contributed by atoms with Gasteiger partial charge < -0.3 is 5.73 Å². The molecule has 1 aromatic carbocycles. The number of primary amides is 1. The molecule has 0 aliphatic carbocycles. The van der Waals surface area contributed by atoms with Gasteiger partial charge in [-0.1, -0.05) is 0 Å². The normalized spacial score (nSPS) is 10.3. The Morgan fingerprint density at radius 2 is 2.17 bits per heavy atom. The Labute approximate surface area is 102 Å².